The molecule has 2 aromatic carbocycles. The molecule has 7 heteroatoms. The Balaban J connectivity index is 1.32. The van der Waals surface area contributed by atoms with Gasteiger partial charge in [-0.2, -0.15) is 0 Å². The summed E-state index contributed by atoms with van der Waals surface area (Å²) < 4.78 is 7.82. The van der Waals surface area contributed by atoms with Crippen LogP contribution < -0.4 is 10.1 Å². The zero-order valence-corrected chi connectivity index (χ0v) is 16.9. The van der Waals surface area contributed by atoms with Gasteiger partial charge in [-0.05, 0) is 53.9 Å². The van der Waals surface area contributed by atoms with Crippen LogP contribution in [0.25, 0.3) is 27.8 Å². The summed E-state index contributed by atoms with van der Waals surface area (Å²) in [6.45, 7) is 0. The van der Waals surface area contributed by atoms with E-state index in [0.717, 1.165) is 39.6 Å². The third-order valence-electron chi connectivity index (χ3n) is 5.23. The number of benzene rings is 2. The number of aromatic nitrogens is 5. The number of nitrogens with one attached hydrogen (secondary N) is 2. The van der Waals surface area contributed by atoms with E-state index in [1.165, 1.54) is 5.39 Å². The molecule has 0 bridgehead atoms. The molecule has 154 valence electrons. The number of anilines is 2. The van der Waals surface area contributed by atoms with E-state index < -0.39 is 0 Å². The van der Waals surface area contributed by atoms with Crippen molar-refractivity contribution in [1.82, 2.24) is 24.3 Å². The second-order valence-electron chi connectivity index (χ2n) is 7.35. The van der Waals surface area contributed by atoms with Gasteiger partial charge in [-0.1, -0.05) is 12.1 Å². The van der Waals surface area contributed by atoms with Gasteiger partial charge >= 0.3 is 0 Å². The van der Waals surface area contributed by atoms with E-state index >= 15 is 0 Å². The molecule has 6 aromatic rings. The highest BCUT2D eigenvalue weighted by Crippen LogP contribution is 2.28. The number of imidazole rings is 1. The van der Waals surface area contributed by atoms with Crippen LogP contribution in [0.2, 0.25) is 0 Å². The minimum Gasteiger partial charge on any atom is -0.457 e. The molecule has 7 nitrogen and oxygen atoms in total. The zero-order valence-electron chi connectivity index (χ0n) is 16.9. The Morgan fingerprint density at radius 2 is 1.72 bits per heavy atom. The van der Waals surface area contributed by atoms with Crippen LogP contribution in [-0.2, 0) is 0 Å². The monoisotopic (exact) mass is 418 g/mol. The molecule has 4 heterocycles. The summed E-state index contributed by atoms with van der Waals surface area (Å²) in [4.78, 5) is 16.6. The average Bonchev–Trinajstić information content (AvgIpc) is 3.50. The molecule has 0 atom stereocenters. The molecule has 0 fully saturated rings. The average molecular weight is 418 g/mol. The van der Waals surface area contributed by atoms with Crippen LogP contribution in [0.1, 0.15) is 0 Å². The van der Waals surface area contributed by atoms with Gasteiger partial charge in [-0.25, -0.2) is 9.97 Å². The van der Waals surface area contributed by atoms with Crippen LogP contribution >= 0.6 is 0 Å². The predicted octanol–water partition coefficient (Wildman–Crippen LogP) is 5.81. The number of rotatable bonds is 5. The van der Waals surface area contributed by atoms with Gasteiger partial charge in [-0.3, -0.25) is 4.98 Å². The molecule has 0 aliphatic heterocycles. The summed E-state index contributed by atoms with van der Waals surface area (Å²) in [5.74, 6) is 2.17. The Hall–Kier alpha value is -4.65. The third kappa shape index (κ3) is 3.41. The van der Waals surface area contributed by atoms with Crippen LogP contribution in [0.3, 0.4) is 0 Å². The third-order valence-corrected chi connectivity index (χ3v) is 5.23. The van der Waals surface area contributed by atoms with Crippen LogP contribution in [-0.4, -0.2) is 24.3 Å². The Morgan fingerprint density at radius 1 is 0.875 bits per heavy atom. The lowest BCUT2D eigenvalue weighted by atomic mass is 10.1. The van der Waals surface area contributed by atoms with Gasteiger partial charge in [0.25, 0.3) is 0 Å². The van der Waals surface area contributed by atoms with E-state index in [0.29, 0.717) is 5.82 Å². The van der Waals surface area contributed by atoms with Crippen molar-refractivity contribution in [2.75, 3.05) is 5.32 Å². The smallest absolute Gasteiger partial charge is 0.180 e. The molecular weight excluding hydrogens is 400 g/mol. The number of ether oxygens (including phenoxy) is 1. The van der Waals surface area contributed by atoms with E-state index in [2.05, 4.69) is 44.5 Å². The zero-order chi connectivity index (χ0) is 21.3. The number of hydrogen-bond acceptors (Lipinski definition) is 5. The molecule has 0 aliphatic rings. The molecule has 0 saturated carbocycles. The van der Waals surface area contributed by atoms with Gasteiger partial charge in [-0.15, -0.1) is 0 Å². The lowest BCUT2D eigenvalue weighted by molar-refractivity contribution is 0.482. The molecule has 6 rings (SSSR count). The first kappa shape index (κ1) is 18.1. The summed E-state index contributed by atoms with van der Waals surface area (Å²) >= 11 is 0. The van der Waals surface area contributed by atoms with Crippen molar-refractivity contribution in [3.63, 3.8) is 0 Å². The minimum absolute atomic E-state index is 0.682. The van der Waals surface area contributed by atoms with Crippen LogP contribution in [0.4, 0.5) is 11.5 Å². The molecule has 0 amide bonds. The molecular formula is C25H18N6O. The molecule has 2 N–H and O–H groups in total. The van der Waals surface area contributed by atoms with Crippen LogP contribution in [0.15, 0.2) is 97.8 Å². The van der Waals surface area contributed by atoms with E-state index in [1.807, 2.05) is 59.4 Å². The highest BCUT2D eigenvalue weighted by Gasteiger charge is 2.11. The lowest BCUT2D eigenvalue weighted by Gasteiger charge is -2.11. The highest BCUT2D eigenvalue weighted by molar-refractivity contribution is 5.84. The van der Waals surface area contributed by atoms with Gasteiger partial charge < -0.3 is 19.4 Å². The van der Waals surface area contributed by atoms with Gasteiger partial charge in [0.1, 0.15) is 11.5 Å². The van der Waals surface area contributed by atoms with Crippen LogP contribution in [0.5, 0.6) is 11.5 Å². The van der Waals surface area contributed by atoms with E-state index in [4.69, 9.17) is 9.72 Å². The molecule has 4 aromatic heterocycles. The number of hydrogen-bond donors (Lipinski definition) is 2. The maximum absolute atomic E-state index is 5.84. The Labute approximate surface area is 183 Å². The predicted molar refractivity (Wildman–Crippen MR) is 124 cm³/mol. The number of H-pyrrole nitrogens is 1. The maximum atomic E-state index is 5.84. The number of fused-ring (bicyclic) bond motifs is 2. The van der Waals surface area contributed by atoms with Crippen molar-refractivity contribution in [2.45, 2.75) is 0 Å². The maximum Gasteiger partial charge on any atom is 0.180 e. The number of aromatic amines is 1. The fourth-order valence-electron chi connectivity index (χ4n) is 3.65. The quantitative estimate of drug-likeness (QED) is 0.369. The highest BCUT2D eigenvalue weighted by atomic mass is 16.5. The molecule has 0 spiro atoms. The first-order valence-corrected chi connectivity index (χ1v) is 10.2. The van der Waals surface area contributed by atoms with E-state index in [-0.39, 0.29) is 0 Å². The standard InChI is InChI=1S/C25H18N6O/c1-2-18(15-22-17(1)7-12-27-22)23-16-31-14-13-28-25(31)24(30-23)29-19-3-5-20(6-4-19)32-21-8-10-26-11-9-21/h1-16,27H,(H,29,30). The fraction of sp³-hybridized carbons (Fsp3) is 0. The lowest BCUT2D eigenvalue weighted by Crippen LogP contribution is -2.00. The number of nitrogens with zero attached hydrogens (tertiary/aromatic N) is 4. The van der Waals surface area contributed by atoms with Crippen LogP contribution in [0, 0.1) is 0 Å². The fourth-order valence-corrected chi connectivity index (χ4v) is 3.65. The largest absolute Gasteiger partial charge is 0.457 e. The molecule has 0 radical (unpaired) electrons. The van der Waals surface area contributed by atoms with Crippen molar-refractivity contribution in [1.29, 1.82) is 0 Å². The Kier molecular flexibility index (Phi) is 4.28. The first-order valence-electron chi connectivity index (χ1n) is 10.2. The topological polar surface area (TPSA) is 80.1 Å². The Morgan fingerprint density at radius 3 is 2.59 bits per heavy atom. The van der Waals surface area contributed by atoms with Crippen molar-refractivity contribution >= 4 is 28.1 Å². The second-order valence-corrected chi connectivity index (χ2v) is 7.35. The molecule has 32 heavy (non-hydrogen) atoms. The van der Waals surface area contributed by atoms with E-state index in [9.17, 15) is 0 Å². The second kappa shape index (κ2) is 7.55. The summed E-state index contributed by atoms with van der Waals surface area (Å²) in [5, 5.41) is 4.57. The SMILES string of the molecule is c1cc(Oc2ccc(Nc3nc(-c4ccc5cc[nH]c5c4)cn4ccnc34)cc2)ccn1. The molecule has 0 aliphatic carbocycles. The summed E-state index contributed by atoms with van der Waals surface area (Å²) in [7, 11) is 0. The first-order chi connectivity index (χ1) is 15.8. The molecule has 0 saturated heterocycles. The summed E-state index contributed by atoms with van der Waals surface area (Å²) in [5.41, 5.74) is 4.61. The van der Waals surface area contributed by atoms with Gasteiger partial charge in [0.15, 0.2) is 11.5 Å². The van der Waals surface area contributed by atoms with Gasteiger partial charge in [0.05, 0.1) is 5.69 Å². The number of pyridine rings is 1. The Bertz CT molecular complexity index is 1520. The minimum atomic E-state index is 0.682. The van der Waals surface area contributed by atoms with Crippen molar-refractivity contribution < 1.29 is 4.74 Å². The van der Waals surface area contributed by atoms with Crippen molar-refractivity contribution in [3.05, 3.63) is 97.8 Å². The normalized spacial score (nSPS) is 11.1. The molecule has 0 unspecified atom stereocenters. The van der Waals surface area contributed by atoms with Gasteiger partial charge in [0.2, 0.25) is 0 Å². The van der Waals surface area contributed by atoms with Gasteiger partial charge in [0, 0.05) is 53.9 Å². The van der Waals surface area contributed by atoms with E-state index in [1.54, 1.807) is 18.6 Å². The van der Waals surface area contributed by atoms with Crippen molar-refractivity contribution in [2.24, 2.45) is 0 Å². The van der Waals surface area contributed by atoms with Crippen molar-refractivity contribution in [3.8, 4) is 22.8 Å². The summed E-state index contributed by atoms with van der Waals surface area (Å²) in [6, 6.07) is 19.7. The summed E-state index contributed by atoms with van der Waals surface area (Å²) in [6.07, 6.45) is 11.0.